The molecule has 0 radical (unpaired) electrons. The van der Waals surface area contributed by atoms with Gasteiger partial charge in [-0.15, -0.1) is 0 Å². The number of nitro groups is 1. The van der Waals surface area contributed by atoms with Crippen LogP contribution in [0.15, 0.2) is 78.9 Å². The van der Waals surface area contributed by atoms with Gasteiger partial charge in [0.1, 0.15) is 6.04 Å². The summed E-state index contributed by atoms with van der Waals surface area (Å²) < 4.78 is 5.01. The van der Waals surface area contributed by atoms with Crippen molar-refractivity contribution < 1.29 is 24.0 Å². The Hall–Kier alpha value is -4.53. The minimum atomic E-state index is -1.07. The average molecular weight is 502 g/mol. The Morgan fingerprint density at radius 2 is 1.65 bits per heavy atom. The zero-order chi connectivity index (χ0) is 26.5. The van der Waals surface area contributed by atoms with E-state index in [1.807, 2.05) is 31.2 Å². The molecule has 1 heterocycles. The van der Waals surface area contributed by atoms with Crippen molar-refractivity contribution >= 4 is 23.5 Å². The topological polar surface area (TPSA) is 119 Å². The first-order valence-corrected chi connectivity index (χ1v) is 11.8. The Labute approximate surface area is 214 Å². The van der Waals surface area contributed by atoms with Gasteiger partial charge in [0.05, 0.1) is 29.6 Å². The van der Waals surface area contributed by atoms with Crippen LogP contribution in [-0.2, 0) is 20.9 Å². The van der Waals surface area contributed by atoms with Crippen molar-refractivity contribution in [1.29, 1.82) is 0 Å². The molecular weight excluding hydrogens is 474 g/mol. The second-order valence-corrected chi connectivity index (χ2v) is 8.92. The molecule has 190 valence electrons. The van der Waals surface area contributed by atoms with Crippen LogP contribution in [-0.4, -0.2) is 40.8 Å². The third-order valence-corrected chi connectivity index (χ3v) is 6.60. The maximum Gasteiger partial charge on any atom is 0.311 e. The number of hydrogen-bond acceptors (Lipinski definition) is 6. The Kier molecular flexibility index (Phi) is 7.62. The van der Waals surface area contributed by atoms with Crippen LogP contribution < -0.4 is 5.32 Å². The molecule has 4 rings (SSSR count). The smallest absolute Gasteiger partial charge is 0.311 e. The first-order valence-electron chi connectivity index (χ1n) is 11.8. The Balaban J connectivity index is 1.77. The quantitative estimate of drug-likeness (QED) is 0.297. The van der Waals surface area contributed by atoms with E-state index in [4.69, 9.17) is 4.74 Å². The summed E-state index contributed by atoms with van der Waals surface area (Å²) in [5, 5.41) is 14.7. The van der Waals surface area contributed by atoms with Crippen LogP contribution in [0, 0.1) is 23.0 Å². The van der Waals surface area contributed by atoms with Crippen molar-refractivity contribution in [2.75, 3.05) is 7.11 Å². The predicted molar refractivity (Wildman–Crippen MR) is 135 cm³/mol. The molecule has 0 aliphatic carbocycles. The highest BCUT2D eigenvalue weighted by atomic mass is 16.6. The van der Waals surface area contributed by atoms with E-state index in [0.29, 0.717) is 5.56 Å². The van der Waals surface area contributed by atoms with Gasteiger partial charge in [0, 0.05) is 18.2 Å². The normalized spacial score (nSPS) is 18.8. The summed E-state index contributed by atoms with van der Waals surface area (Å²) in [5.41, 5.74) is 2.18. The lowest BCUT2D eigenvalue weighted by atomic mass is 9.91. The van der Waals surface area contributed by atoms with Crippen LogP contribution in [0.25, 0.3) is 0 Å². The number of nitro benzene ring substituents is 1. The summed E-state index contributed by atoms with van der Waals surface area (Å²) in [6, 6.07) is 19.8. The first kappa shape index (κ1) is 25.6. The van der Waals surface area contributed by atoms with E-state index in [2.05, 4.69) is 5.32 Å². The SMILES string of the molecule is COC(=O)C1CC(C(=O)NCc2ccc(C)cc2)N(C(=O)c2ccccc2)C1c1ccccc1[N+](=O)[O-]. The highest BCUT2D eigenvalue weighted by Crippen LogP contribution is 2.45. The number of amides is 2. The summed E-state index contributed by atoms with van der Waals surface area (Å²) in [5.74, 6) is -2.60. The molecule has 9 nitrogen and oxygen atoms in total. The van der Waals surface area contributed by atoms with E-state index in [1.165, 1.54) is 30.2 Å². The van der Waals surface area contributed by atoms with E-state index < -0.39 is 40.7 Å². The summed E-state index contributed by atoms with van der Waals surface area (Å²) in [4.78, 5) is 52.8. The van der Waals surface area contributed by atoms with Gasteiger partial charge >= 0.3 is 5.97 Å². The van der Waals surface area contributed by atoms with Crippen molar-refractivity contribution in [3.8, 4) is 0 Å². The fourth-order valence-corrected chi connectivity index (χ4v) is 4.76. The van der Waals surface area contributed by atoms with E-state index in [-0.39, 0.29) is 24.2 Å². The van der Waals surface area contributed by atoms with Gasteiger partial charge < -0.3 is 15.0 Å². The minimum absolute atomic E-state index is 0.0400. The summed E-state index contributed by atoms with van der Waals surface area (Å²) in [6.07, 6.45) is -0.0400. The van der Waals surface area contributed by atoms with Gasteiger partial charge in [0.25, 0.3) is 11.6 Å². The molecule has 0 saturated carbocycles. The molecule has 0 bridgehead atoms. The molecule has 1 aliphatic rings. The third kappa shape index (κ3) is 5.35. The number of carbonyl (C=O) groups is 3. The maximum atomic E-state index is 13.8. The van der Waals surface area contributed by atoms with Crippen LogP contribution in [0.4, 0.5) is 5.69 Å². The second kappa shape index (κ2) is 11.0. The maximum absolute atomic E-state index is 13.8. The molecule has 1 saturated heterocycles. The number of hydrogen-bond donors (Lipinski definition) is 1. The van der Waals surface area contributed by atoms with Gasteiger partial charge in [-0.25, -0.2) is 0 Å². The van der Waals surface area contributed by atoms with Gasteiger partial charge in [-0.1, -0.05) is 66.2 Å². The number of aryl methyl sites for hydroxylation is 1. The number of benzene rings is 3. The lowest BCUT2D eigenvalue weighted by Crippen LogP contribution is -2.46. The zero-order valence-corrected chi connectivity index (χ0v) is 20.5. The number of carbonyl (C=O) groups excluding carboxylic acids is 3. The zero-order valence-electron chi connectivity index (χ0n) is 20.5. The average Bonchev–Trinajstić information content (AvgIpc) is 3.32. The number of nitrogens with one attached hydrogen (secondary N) is 1. The minimum Gasteiger partial charge on any atom is -0.469 e. The Bertz CT molecular complexity index is 1310. The van der Waals surface area contributed by atoms with E-state index >= 15 is 0 Å². The standard InChI is InChI=1S/C28H27N3O6/c1-18-12-14-19(15-13-18)17-29-26(32)24-16-22(28(34)37-2)25(21-10-6-7-11-23(21)31(35)36)30(24)27(33)20-8-4-3-5-9-20/h3-15,22,24-25H,16-17H2,1-2H3,(H,29,32). The highest BCUT2D eigenvalue weighted by Gasteiger charge is 2.52. The van der Waals surface area contributed by atoms with Gasteiger partial charge in [0.2, 0.25) is 5.91 Å². The van der Waals surface area contributed by atoms with Crippen molar-refractivity contribution in [3.63, 3.8) is 0 Å². The highest BCUT2D eigenvalue weighted by molar-refractivity contribution is 5.99. The van der Waals surface area contributed by atoms with Crippen LogP contribution >= 0.6 is 0 Å². The number of nitrogens with zero attached hydrogens (tertiary/aromatic N) is 2. The monoisotopic (exact) mass is 501 g/mol. The van der Waals surface area contributed by atoms with Crippen LogP contribution in [0.2, 0.25) is 0 Å². The summed E-state index contributed by atoms with van der Waals surface area (Å²) in [6.45, 7) is 2.19. The third-order valence-electron chi connectivity index (χ3n) is 6.60. The molecule has 9 heteroatoms. The Morgan fingerprint density at radius 3 is 2.30 bits per heavy atom. The largest absolute Gasteiger partial charge is 0.469 e. The van der Waals surface area contributed by atoms with Crippen LogP contribution in [0.3, 0.4) is 0 Å². The number of rotatable bonds is 7. The molecule has 1 aliphatic heterocycles. The summed E-state index contributed by atoms with van der Waals surface area (Å²) in [7, 11) is 1.22. The van der Waals surface area contributed by atoms with E-state index in [0.717, 1.165) is 11.1 Å². The van der Waals surface area contributed by atoms with Crippen molar-refractivity contribution in [1.82, 2.24) is 10.2 Å². The van der Waals surface area contributed by atoms with Gasteiger partial charge in [-0.3, -0.25) is 24.5 Å². The molecule has 0 aromatic heterocycles. The van der Waals surface area contributed by atoms with E-state index in [9.17, 15) is 24.5 Å². The number of methoxy groups -OCH3 is 1. The van der Waals surface area contributed by atoms with Crippen molar-refractivity contribution in [2.24, 2.45) is 5.92 Å². The van der Waals surface area contributed by atoms with Gasteiger partial charge in [0.15, 0.2) is 0 Å². The lowest BCUT2D eigenvalue weighted by Gasteiger charge is -2.31. The van der Waals surface area contributed by atoms with Gasteiger partial charge in [-0.05, 0) is 31.0 Å². The molecule has 3 aromatic carbocycles. The molecule has 3 aromatic rings. The van der Waals surface area contributed by atoms with Crippen molar-refractivity contribution in [3.05, 3.63) is 111 Å². The first-order chi connectivity index (χ1) is 17.8. The number of likely N-dealkylation sites (tertiary alicyclic amines) is 1. The molecule has 37 heavy (non-hydrogen) atoms. The van der Waals surface area contributed by atoms with Crippen LogP contribution in [0.1, 0.15) is 39.5 Å². The van der Waals surface area contributed by atoms with E-state index in [1.54, 1.807) is 36.4 Å². The lowest BCUT2D eigenvalue weighted by molar-refractivity contribution is -0.386. The van der Waals surface area contributed by atoms with Crippen LogP contribution in [0.5, 0.6) is 0 Å². The molecular formula is C28H27N3O6. The molecule has 3 atom stereocenters. The molecule has 3 unspecified atom stereocenters. The number of esters is 1. The predicted octanol–water partition coefficient (Wildman–Crippen LogP) is 3.96. The summed E-state index contributed by atoms with van der Waals surface area (Å²) >= 11 is 0. The second-order valence-electron chi connectivity index (χ2n) is 8.92. The Morgan fingerprint density at radius 1 is 1.00 bits per heavy atom. The molecule has 1 fully saturated rings. The fraction of sp³-hybridized carbons (Fsp3) is 0.250. The van der Waals surface area contributed by atoms with Gasteiger partial charge in [-0.2, -0.15) is 0 Å². The fourth-order valence-electron chi connectivity index (χ4n) is 4.76. The molecule has 2 amide bonds. The molecule has 0 spiro atoms. The number of ether oxygens (including phenoxy) is 1. The van der Waals surface area contributed by atoms with Crippen molar-refractivity contribution in [2.45, 2.75) is 32.0 Å². The molecule has 1 N–H and O–H groups in total. The number of para-hydroxylation sites is 1.